The van der Waals surface area contributed by atoms with Gasteiger partial charge in [0.25, 0.3) is 5.91 Å². The number of aromatic nitrogens is 5. The number of benzene rings is 1. The summed E-state index contributed by atoms with van der Waals surface area (Å²) in [7, 11) is 1.90. The number of nitrogens with one attached hydrogen (secondary N) is 2. The van der Waals surface area contributed by atoms with Gasteiger partial charge in [0.05, 0.1) is 29.0 Å². The number of fused-ring (bicyclic) bond motifs is 1. The molecule has 0 unspecified atom stereocenters. The van der Waals surface area contributed by atoms with Crippen LogP contribution < -0.4 is 5.32 Å². The molecule has 0 fully saturated rings. The zero-order valence-corrected chi connectivity index (χ0v) is 15.4. The van der Waals surface area contributed by atoms with E-state index in [0.717, 1.165) is 39.5 Å². The molecular formula is C20H20N6O. The molecule has 4 rings (SSSR count). The molecule has 0 aliphatic carbocycles. The minimum Gasteiger partial charge on any atom is -0.345 e. The molecule has 27 heavy (non-hydrogen) atoms. The Labute approximate surface area is 156 Å². The van der Waals surface area contributed by atoms with Crippen LogP contribution in [0.25, 0.3) is 22.3 Å². The lowest BCUT2D eigenvalue weighted by Crippen LogP contribution is -2.23. The van der Waals surface area contributed by atoms with Crippen LogP contribution >= 0.6 is 0 Å². The lowest BCUT2D eigenvalue weighted by Gasteiger charge is -2.06. The van der Waals surface area contributed by atoms with E-state index in [2.05, 4.69) is 25.4 Å². The molecule has 0 radical (unpaired) electrons. The van der Waals surface area contributed by atoms with Gasteiger partial charge in [-0.2, -0.15) is 5.10 Å². The van der Waals surface area contributed by atoms with E-state index in [1.165, 1.54) is 0 Å². The topological polar surface area (TPSA) is 88.5 Å². The van der Waals surface area contributed by atoms with E-state index in [4.69, 9.17) is 0 Å². The first kappa shape index (κ1) is 17.0. The number of hydrogen-bond donors (Lipinski definition) is 2. The summed E-state index contributed by atoms with van der Waals surface area (Å²) in [6, 6.07) is 11.3. The van der Waals surface area contributed by atoms with E-state index in [9.17, 15) is 4.79 Å². The van der Waals surface area contributed by atoms with Gasteiger partial charge in [0.15, 0.2) is 0 Å². The second-order valence-corrected chi connectivity index (χ2v) is 6.48. The van der Waals surface area contributed by atoms with Crippen molar-refractivity contribution in [2.45, 2.75) is 20.4 Å². The van der Waals surface area contributed by atoms with Crippen LogP contribution in [0.1, 0.15) is 27.6 Å². The molecule has 3 heterocycles. The maximum atomic E-state index is 12.6. The number of hydrogen-bond acceptors (Lipinski definition) is 4. The van der Waals surface area contributed by atoms with Crippen LogP contribution in [0, 0.1) is 13.8 Å². The van der Waals surface area contributed by atoms with Gasteiger partial charge in [0.1, 0.15) is 5.82 Å². The van der Waals surface area contributed by atoms with Gasteiger partial charge in [-0.15, -0.1) is 0 Å². The molecule has 136 valence electrons. The van der Waals surface area contributed by atoms with Gasteiger partial charge in [-0.25, -0.2) is 4.98 Å². The van der Waals surface area contributed by atoms with Crippen molar-refractivity contribution in [3.63, 3.8) is 0 Å². The molecule has 7 nitrogen and oxygen atoms in total. The molecular weight excluding hydrogens is 340 g/mol. The minimum atomic E-state index is -0.168. The van der Waals surface area contributed by atoms with E-state index < -0.39 is 0 Å². The maximum absolute atomic E-state index is 12.6. The summed E-state index contributed by atoms with van der Waals surface area (Å²) < 4.78 is 1.82. The monoisotopic (exact) mass is 360 g/mol. The summed E-state index contributed by atoms with van der Waals surface area (Å²) >= 11 is 0. The van der Waals surface area contributed by atoms with Crippen molar-refractivity contribution in [3.8, 4) is 11.3 Å². The highest BCUT2D eigenvalue weighted by molar-refractivity contribution is 5.95. The first-order valence-electron chi connectivity index (χ1n) is 8.71. The number of rotatable bonds is 4. The summed E-state index contributed by atoms with van der Waals surface area (Å²) in [5.41, 5.74) is 6.01. The SMILES string of the molecule is Cc1nn(C)c(C)c1-c1cc(C(=O)NCc2nc3ccccc3[nH]2)ccn1. The highest BCUT2D eigenvalue weighted by atomic mass is 16.1. The predicted octanol–water partition coefficient (Wildman–Crippen LogP) is 2.91. The van der Waals surface area contributed by atoms with Crippen molar-refractivity contribution < 1.29 is 4.79 Å². The first-order chi connectivity index (χ1) is 13.0. The number of aryl methyl sites for hydroxylation is 2. The third-order valence-electron chi connectivity index (χ3n) is 4.64. The van der Waals surface area contributed by atoms with Crippen LogP contribution in [-0.2, 0) is 13.6 Å². The zero-order chi connectivity index (χ0) is 19.0. The number of carbonyl (C=O) groups is 1. The lowest BCUT2D eigenvalue weighted by molar-refractivity contribution is 0.0950. The summed E-state index contributed by atoms with van der Waals surface area (Å²) in [6.45, 7) is 4.26. The van der Waals surface area contributed by atoms with E-state index >= 15 is 0 Å². The third kappa shape index (κ3) is 3.19. The van der Waals surface area contributed by atoms with Crippen molar-refractivity contribution in [2.24, 2.45) is 7.05 Å². The number of amides is 1. The molecule has 0 aliphatic heterocycles. The fourth-order valence-corrected chi connectivity index (χ4v) is 3.21. The Bertz CT molecular complexity index is 1110. The Hall–Kier alpha value is -3.48. The minimum absolute atomic E-state index is 0.168. The van der Waals surface area contributed by atoms with Gasteiger partial charge >= 0.3 is 0 Å². The highest BCUT2D eigenvalue weighted by Crippen LogP contribution is 2.25. The average Bonchev–Trinajstić information content (AvgIpc) is 3.19. The van der Waals surface area contributed by atoms with E-state index in [1.54, 1.807) is 18.3 Å². The Morgan fingerprint density at radius 2 is 2.04 bits per heavy atom. The van der Waals surface area contributed by atoms with Gasteiger partial charge in [0.2, 0.25) is 0 Å². The van der Waals surface area contributed by atoms with E-state index in [-0.39, 0.29) is 5.91 Å². The molecule has 4 aromatic rings. The van der Waals surface area contributed by atoms with Crippen LogP contribution in [0.15, 0.2) is 42.6 Å². The molecule has 0 bridgehead atoms. The van der Waals surface area contributed by atoms with Crippen LogP contribution in [0.4, 0.5) is 0 Å². The Balaban J connectivity index is 1.54. The van der Waals surface area contributed by atoms with E-state index in [1.807, 2.05) is 49.8 Å². The summed E-state index contributed by atoms with van der Waals surface area (Å²) in [4.78, 5) is 24.7. The van der Waals surface area contributed by atoms with Crippen molar-refractivity contribution in [2.75, 3.05) is 0 Å². The van der Waals surface area contributed by atoms with Gasteiger partial charge in [-0.1, -0.05) is 12.1 Å². The van der Waals surface area contributed by atoms with Crippen LogP contribution in [0.5, 0.6) is 0 Å². The fraction of sp³-hybridized carbons (Fsp3) is 0.200. The Morgan fingerprint density at radius 1 is 1.22 bits per heavy atom. The molecule has 0 spiro atoms. The number of aromatic amines is 1. The summed E-state index contributed by atoms with van der Waals surface area (Å²) in [5, 5.41) is 7.33. The number of pyridine rings is 1. The summed E-state index contributed by atoms with van der Waals surface area (Å²) in [5.74, 6) is 0.552. The van der Waals surface area contributed by atoms with Crippen molar-refractivity contribution in [1.29, 1.82) is 0 Å². The normalized spacial score (nSPS) is 11.1. The highest BCUT2D eigenvalue weighted by Gasteiger charge is 2.15. The van der Waals surface area contributed by atoms with Crippen LogP contribution in [0.3, 0.4) is 0 Å². The number of nitrogens with zero attached hydrogens (tertiary/aromatic N) is 4. The molecule has 0 saturated heterocycles. The quantitative estimate of drug-likeness (QED) is 0.586. The third-order valence-corrected chi connectivity index (χ3v) is 4.64. The zero-order valence-electron chi connectivity index (χ0n) is 15.4. The molecule has 1 amide bonds. The molecule has 0 atom stereocenters. The van der Waals surface area contributed by atoms with Crippen molar-refractivity contribution in [3.05, 3.63) is 65.4 Å². The molecule has 0 saturated carbocycles. The predicted molar refractivity (Wildman–Crippen MR) is 103 cm³/mol. The van der Waals surface area contributed by atoms with Crippen molar-refractivity contribution in [1.82, 2.24) is 30.0 Å². The Morgan fingerprint density at radius 3 is 2.78 bits per heavy atom. The number of para-hydroxylation sites is 2. The van der Waals surface area contributed by atoms with Gasteiger partial charge in [0, 0.05) is 30.1 Å². The van der Waals surface area contributed by atoms with Gasteiger partial charge in [-0.05, 0) is 38.1 Å². The molecule has 0 aliphatic rings. The first-order valence-corrected chi connectivity index (χ1v) is 8.71. The number of imidazole rings is 1. The van der Waals surface area contributed by atoms with Gasteiger partial charge < -0.3 is 10.3 Å². The standard InChI is InChI=1S/C20H20N6O/c1-12-19(13(2)26(3)25-12)17-10-14(8-9-21-17)20(27)22-11-18-23-15-6-4-5-7-16(15)24-18/h4-10H,11H2,1-3H3,(H,22,27)(H,23,24). The van der Waals surface area contributed by atoms with Crippen LogP contribution in [-0.4, -0.2) is 30.6 Å². The van der Waals surface area contributed by atoms with Crippen molar-refractivity contribution >= 4 is 16.9 Å². The summed E-state index contributed by atoms with van der Waals surface area (Å²) in [6.07, 6.45) is 1.65. The lowest BCUT2D eigenvalue weighted by atomic mass is 10.1. The van der Waals surface area contributed by atoms with Crippen LogP contribution in [0.2, 0.25) is 0 Å². The molecule has 2 N–H and O–H groups in total. The molecule has 3 aromatic heterocycles. The number of carbonyl (C=O) groups excluding carboxylic acids is 1. The Kier molecular flexibility index (Phi) is 4.19. The largest absolute Gasteiger partial charge is 0.345 e. The number of H-pyrrole nitrogens is 1. The second-order valence-electron chi connectivity index (χ2n) is 6.48. The second kappa shape index (κ2) is 6.68. The fourth-order valence-electron chi connectivity index (χ4n) is 3.21. The smallest absolute Gasteiger partial charge is 0.251 e. The molecule has 7 heteroatoms. The maximum Gasteiger partial charge on any atom is 0.251 e. The molecule has 1 aromatic carbocycles. The average molecular weight is 360 g/mol. The van der Waals surface area contributed by atoms with E-state index in [0.29, 0.717) is 12.1 Å². The van der Waals surface area contributed by atoms with Gasteiger partial charge in [-0.3, -0.25) is 14.5 Å².